The largest absolute Gasteiger partial charge is 0.477 e. The van der Waals surface area contributed by atoms with Crippen LogP contribution in [-0.2, 0) is 0 Å². The minimum Gasteiger partial charge on any atom is -0.477 e. The van der Waals surface area contributed by atoms with Crippen molar-refractivity contribution in [2.75, 3.05) is 0 Å². The van der Waals surface area contributed by atoms with E-state index in [4.69, 9.17) is 5.11 Å². The summed E-state index contributed by atoms with van der Waals surface area (Å²) in [5.41, 5.74) is -0.910. The van der Waals surface area contributed by atoms with Crippen LogP contribution in [0.25, 0.3) is 0 Å². The van der Waals surface area contributed by atoms with E-state index in [1.54, 1.807) is 0 Å². The molecule has 1 heterocycles. The summed E-state index contributed by atoms with van der Waals surface area (Å²) in [4.78, 5) is 24.0. The molecule has 2 aromatic rings. The normalized spacial score (nSPS) is 10.4. The molecule has 1 N–H and O–H groups in total. The molecule has 21 heavy (non-hydrogen) atoms. The highest BCUT2D eigenvalue weighted by Crippen LogP contribution is 2.37. The molecule has 6 nitrogen and oxygen atoms in total. The first-order chi connectivity index (χ1) is 9.90. The standard InChI is InChI=1S/C12H6F2N2O4S/c13-7-1-2-9(16(19)20)11(10(7)14)21-6-3-4-15-8(5-6)12(17)18/h1-5H,(H,17,18). The minimum atomic E-state index is -1.36. The number of hydrogen-bond donors (Lipinski definition) is 1. The summed E-state index contributed by atoms with van der Waals surface area (Å²) >= 11 is 0.555. The van der Waals surface area contributed by atoms with Crippen molar-refractivity contribution in [1.82, 2.24) is 4.98 Å². The number of aromatic carboxylic acids is 1. The summed E-state index contributed by atoms with van der Waals surface area (Å²) in [6.07, 6.45) is 1.16. The number of rotatable bonds is 4. The van der Waals surface area contributed by atoms with Gasteiger partial charge in [0.25, 0.3) is 5.69 Å². The zero-order chi connectivity index (χ0) is 15.6. The monoisotopic (exact) mass is 312 g/mol. The van der Waals surface area contributed by atoms with Crippen molar-refractivity contribution in [3.8, 4) is 0 Å². The molecule has 0 saturated carbocycles. The molecule has 0 aliphatic rings. The molecule has 108 valence electrons. The van der Waals surface area contributed by atoms with E-state index in [1.165, 1.54) is 6.07 Å². The lowest BCUT2D eigenvalue weighted by atomic mass is 10.3. The number of nitro groups is 1. The SMILES string of the molecule is O=C(O)c1cc(Sc2c([N+](=O)[O-])ccc(F)c2F)ccn1. The zero-order valence-electron chi connectivity index (χ0n) is 10.1. The molecule has 0 spiro atoms. The highest BCUT2D eigenvalue weighted by molar-refractivity contribution is 7.99. The molecule has 1 aromatic heterocycles. The van der Waals surface area contributed by atoms with Gasteiger partial charge in [0.15, 0.2) is 11.6 Å². The molecule has 9 heteroatoms. The molecule has 0 radical (unpaired) electrons. The average Bonchev–Trinajstić information content (AvgIpc) is 2.44. The van der Waals surface area contributed by atoms with Gasteiger partial charge < -0.3 is 5.11 Å². The van der Waals surface area contributed by atoms with Crippen molar-refractivity contribution in [3.63, 3.8) is 0 Å². The third kappa shape index (κ3) is 3.14. The van der Waals surface area contributed by atoms with Gasteiger partial charge in [-0.05, 0) is 18.2 Å². The number of carboxylic acids is 1. The molecule has 0 unspecified atom stereocenters. The Kier molecular flexibility index (Phi) is 4.13. The lowest BCUT2D eigenvalue weighted by Gasteiger charge is -2.05. The van der Waals surface area contributed by atoms with Gasteiger partial charge in [0.2, 0.25) is 0 Å². The van der Waals surface area contributed by atoms with Gasteiger partial charge in [-0.25, -0.2) is 18.6 Å². The Morgan fingerprint density at radius 2 is 2.05 bits per heavy atom. The first-order valence-electron chi connectivity index (χ1n) is 5.39. The Balaban J connectivity index is 2.48. The average molecular weight is 312 g/mol. The second-order valence-electron chi connectivity index (χ2n) is 3.75. The molecule has 0 aliphatic heterocycles. The van der Waals surface area contributed by atoms with E-state index < -0.39 is 33.1 Å². The van der Waals surface area contributed by atoms with Gasteiger partial charge in [0.05, 0.1) is 4.92 Å². The number of benzene rings is 1. The second kappa shape index (κ2) is 5.83. The Morgan fingerprint density at radius 3 is 2.67 bits per heavy atom. The van der Waals surface area contributed by atoms with Gasteiger partial charge in [0.1, 0.15) is 10.6 Å². The van der Waals surface area contributed by atoms with E-state index >= 15 is 0 Å². The molecule has 0 bridgehead atoms. The van der Waals surface area contributed by atoms with Crippen LogP contribution >= 0.6 is 11.8 Å². The number of hydrogen-bond acceptors (Lipinski definition) is 5. The van der Waals surface area contributed by atoms with E-state index in [-0.39, 0.29) is 10.6 Å². The predicted molar refractivity (Wildman–Crippen MR) is 68.3 cm³/mol. The predicted octanol–water partition coefficient (Wildman–Crippen LogP) is 3.12. The van der Waals surface area contributed by atoms with Crippen LogP contribution in [-0.4, -0.2) is 21.0 Å². The van der Waals surface area contributed by atoms with E-state index in [2.05, 4.69) is 4.98 Å². The first-order valence-corrected chi connectivity index (χ1v) is 6.21. The summed E-state index contributed by atoms with van der Waals surface area (Å²) < 4.78 is 27.0. The highest BCUT2D eigenvalue weighted by atomic mass is 32.2. The summed E-state index contributed by atoms with van der Waals surface area (Å²) in [6, 6.07) is 3.96. The molecule has 0 saturated heterocycles. The molecular weight excluding hydrogens is 306 g/mol. The van der Waals surface area contributed by atoms with E-state index in [1.807, 2.05) is 0 Å². The number of nitrogens with zero attached hydrogens (tertiary/aromatic N) is 2. The third-order valence-corrected chi connectivity index (χ3v) is 3.48. The van der Waals surface area contributed by atoms with Gasteiger partial charge in [-0.2, -0.15) is 0 Å². The number of aromatic nitrogens is 1. The van der Waals surface area contributed by atoms with Crippen molar-refractivity contribution in [3.05, 3.63) is 57.9 Å². The molecule has 0 amide bonds. The van der Waals surface area contributed by atoms with E-state index in [0.29, 0.717) is 17.8 Å². The quantitative estimate of drug-likeness (QED) is 0.688. The maximum atomic E-state index is 13.7. The van der Waals surface area contributed by atoms with Gasteiger partial charge in [0, 0.05) is 17.2 Å². The molecule has 0 atom stereocenters. The van der Waals surface area contributed by atoms with Crippen LogP contribution in [0.5, 0.6) is 0 Å². The van der Waals surface area contributed by atoms with E-state index in [0.717, 1.165) is 18.3 Å². The summed E-state index contributed by atoms with van der Waals surface area (Å²) in [6.45, 7) is 0. The minimum absolute atomic E-state index is 0.190. The summed E-state index contributed by atoms with van der Waals surface area (Å²) in [5.74, 6) is -3.88. The molecule has 0 aliphatic carbocycles. The summed E-state index contributed by atoms with van der Waals surface area (Å²) in [5, 5.41) is 19.7. The Bertz CT molecular complexity index is 739. The van der Waals surface area contributed by atoms with Crippen molar-refractivity contribution in [2.24, 2.45) is 0 Å². The first kappa shape index (κ1) is 14.9. The zero-order valence-corrected chi connectivity index (χ0v) is 10.9. The van der Waals surface area contributed by atoms with Crippen molar-refractivity contribution >= 4 is 23.4 Å². The van der Waals surface area contributed by atoms with Gasteiger partial charge in [-0.15, -0.1) is 0 Å². The maximum absolute atomic E-state index is 13.7. The number of pyridine rings is 1. The fourth-order valence-electron chi connectivity index (χ4n) is 1.47. The smallest absolute Gasteiger partial charge is 0.354 e. The fourth-order valence-corrected chi connectivity index (χ4v) is 2.44. The molecule has 1 aromatic carbocycles. The maximum Gasteiger partial charge on any atom is 0.354 e. The van der Waals surface area contributed by atoms with Crippen molar-refractivity contribution < 1.29 is 23.6 Å². The van der Waals surface area contributed by atoms with Crippen LogP contribution < -0.4 is 0 Å². The lowest BCUT2D eigenvalue weighted by molar-refractivity contribution is -0.388. The topological polar surface area (TPSA) is 93.3 Å². The number of carboxylic acid groups (broad SMARTS) is 1. The third-order valence-electron chi connectivity index (χ3n) is 2.40. The van der Waals surface area contributed by atoms with Gasteiger partial charge in [-0.3, -0.25) is 10.1 Å². The van der Waals surface area contributed by atoms with Crippen LogP contribution in [0.3, 0.4) is 0 Å². The molecule has 0 fully saturated rings. The van der Waals surface area contributed by atoms with Crippen molar-refractivity contribution in [2.45, 2.75) is 9.79 Å². The van der Waals surface area contributed by atoms with Crippen LogP contribution in [0, 0.1) is 21.7 Å². The van der Waals surface area contributed by atoms with Crippen LogP contribution in [0.1, 0.15) is 10.5 Å². The molecule has 2 rings (SSSR count). The Hall–Kier alpha value is -2.55. The Labute approximate surface area is 120 Å². The van der Waals surface area contributed by atoms with Crippen molar-refractivity contribution in [1.29, 1.82) is 0 Å². The number of halogens is 2. The summed E-state index contributed by atoms with van der Waals surface area (Å²) in [7, 11) is 0. The van der Waals surface area contributed by atoms with Crippen LogP contribution in [0.15, 0.2) is 40.3 Å². The van der Waals surface area contributed by atoms with Crippen LogP contribution in [0.2, 0.25) is 0 Å². The van der Waals surface area contributed by atoms with Gasteiger partial charge >= 0.3 is 5.97 Å². The van der Waals surface area contributed by atoms with E-state index in [9.17, 15) is 23.7 Å². The number of carbonyl (C=O) groups is 1. The fraction of sp³-hybridized carbons (Fsp3) is 0. The Morgan fingerprint density at radius 1 is 1.33 bits per heavy atom. The van der Waals surface area contributed by atoms with Gasteiger partial charge in [-0.1, -0.05) is 11.8 Å². The van der Waals surface area contributed by atoms with Crippen LogP contribution in [0.4, 0.5) is 14.5 Å². The highest BCUT2D eigenvalue weighted by Gasteiger charge is 2.23. The second-order valence-corrected chi connectivity index (χ2v) is 4.83. The lowest BCUT2D eigenvalue weighted by Crippen LogP contribution is -2.00. The number of nitro benzene ring substituents is 1. The molecular formula is C12H6F2N2O4S.